The van der Waals surface area contributed by atoms with E-state index >= 15 is 0 Å². The number of ether oxygens (including phenoxy) is 1. The number of aromatic nitrogens is 1. The maximum Gasteiger partial charge on any atom is 0.274 e. The lowest BCUT2D eigenvalue weighted by molar-refractivity contribution is -0.385. The summed E-state index contributed by atoms with van der Waals surface area (Å²) in [6.45, 7) is 0.271. The zero-order valence-corrected chi connectivity index (χ0v) is 11.9. The Balaban J connectivity index is 2.08. The van der Waals surface area contributed by atoms with E-state index in [4.69, 9.17) is 10.6 Å². The molecule has 1 heterocycles. The van der Waals surface area contributed by atoms with Crippen molar-refractivity contribution in [2.75, 3.05) is 5.43 Å². The number of non-ortho nitro benzene ring substituents is 1. The Labute approximate surface area is 120 Å². The number of nitrogen functional groups attached to an aromatic ring is 1. The lowest BCUT2D eigenvalue weighted by Crippen LogP contribution is -2.05. The minimum Gasteiger partial charge on any atom is -0.488 e. The average molecular weight is 345 g/mol. The molecule has 0 amide bonds. The van der Waals surface area contributed by atoms with Gasteiger partial charge < -0.3 is 4.74 Å². The summed E-state index contributed by atoms with van der Waals surface area (Å²) in [6, 6.07) is 4.44. The van der Waals surface area contributed by atoms with Gasteiger partial charge in [-0.15, -0.1) is 0 Å². The van der Waals surface area contributed by atoms with E-state index in [0.29, 0.717) is 15.4 Å². The summed E-state index contributed by atoms with van der Waals surface area (Å²) in [5, 5.41) is 11.3. The normalized spacial score (nSPS) is 10.2. The second kappa shape index (κ2) is 5.95. The van der Waals surface area contributed by atoms with E-state index in [2.05, 4.69) is 26.3 Å². The molecule has 2 aromatic rings. The van der Waals surface area contributed by atoms with Crippen molar-refractivity contribution in [2.45, 2.75) is 6.61 Å². The lowest BCUT2D eigenvalue weighted by atomic mass is 10.3. The highest BCUT2D eigenvalue weighted by Gasteiger charge is 2.10. The summed E-state index contributed by atoms with van der Waals surface area (Å²) >= 11 is 4.55. The van der Waals surface area contributed by atoms with E-state index in [1.54, 1.807) is 12.3 Å². The van der Waals surface area contributed by atoms with Gasteiger partial charge in [0.05, 0.1) is 15.9 Å². The number of hydrogen-bond donors (Lipinski definition) is 2. The number of anilines is 1. The summed E-state index contributed by atoms with van der Waals surface area (Å²) in [4.78, 5) is 15.1. The SMILES string of the molecule is NNc1ncc(COc2cc(Br)cc([N+](=O)[O-])c2)s1. The van der Waals surface area contributed by atoms with Crippen LogP contribution in [0.4, 0.5) is 10.8 Å². The third kappa shape index (κ3) is 3.63. The van der Waals surface area contributed by atoms with Crippen molar-refractivity contribution in [1.29, 1.82) is 0 Å². The van der Waals surface area contributed by atoms with Gasteiger partial charge in [-0.05, 0) is 6.07 Å². The van der Waals surface area contributed by atoms with E-state index in [1.807, 2.05) is 0 Å². The van der Waals surface area contributed by atoms with Gasteiger partial charge in [-0.2, -0.15) is 0 Å². The molecule has 9 heteroatoms. The fourth-order valence-corrected chi connectivity index (χ4v) is 2.43. The van der Waals surface area contributed by atoms with Crippen molar-refractivity contribution < 1.29 is 9.66 Å². The molecule has 0 bridgehead atoms. The molecule has 0 radical (unpaired) electrons. The van der Waals surface area contributed by atoms with Gasteiger partial charge in [0.2, 0.25) is 0 Å². The summed E-state index contributed by atoms with van der Waals surface area (Å²) in [5.74, 6) is 5.63. The molecule has 19 heavy (non-hydrogen) atoms. The average Bonchev–Trinajstić information content (AvgIpc) is 2.83. The monoisotopic (exact) mass is 344 g/mol. The Morgan fingerprint density at radius 3 is 2.95 bits per heavy atom. The van der Waals surface area contributed by atoms with Crippen LogP contribution in [0, 0.1) is 10.1 Å². The Hall–Kier alpha value is -1.71. The number of hydrogen-bond acceptors (Lipinski definition) is 7. The minimum atomic E-state index is -0.471. The second-order valence-corrected chi connectivity index (χ2v) is 5.50. The molecule has 3 N–H and O–H groups in total. The zero-order chi connectivity index (χ0) is 13.8. The predicted molar refractivity (Wildman–Crippen MR) is 75.1 cm³/mol. The number of nitro groups is 1. The number of nitrogens with one attached hydrogen (secondary N) is 1. The third-order valence-electron chi connectivity index (χ3n) is 2.13. The highest BCUT2D eigenvalue weighted by atomic mass is 79.9. The van der Waals surface area contributed by atoms with Crippen molar-refractivity contribution in [1.82, 2.24) is 4.98 Å². The maximum atomic E-state index is 10.7. The van der Waals surface area contributed by atoms with Crippen LogP contribution in [0.3, 0.4) is 0 Å². The van der Waals surface area contributed by atoms with Crippen LogP contribution in [0.5, 0.6) is 5.75 Å². The standard InChI is InChI=1S/C10H9BrN4O3S/c11-6-1-7(15(16)17)3-8(2-6)18-5-9-4-13-10(14-12)19-9/h1-4H,5,12H2,(H,13,14). The van der Waals surface area contributed by atoms with Gasteiger partial charge in [0, 0.05) is 16.7 Å². The molecule has 0 aliphatic rings. The number of hydrazine groups is 1. The second-order valence-electron chi connectivity index (χ2n) is 3.47. The first kappa shape index (κ1) is 13.7. The summed E-state index contributed by atoms with van der Waals surface area (Å²) in [7, 11) is 0. The van der Waals surface area contributed by atoms with E-state index in [9.17, 15) is 10.1 Å². The van der Waals surface area contributed by atoms with E-state index in [0.717, 1.165) is 4.88 Å². The van der Waals surface area contributed by atoms with Crippen LogP contribution >= 0.6 is 27.3 Å². The number of rotatable bonds is 5. The van der Waals surface area contributed by atoms with E-state index in [-0.39, 0.29) is 12.3 Å². The van der Waals surface area contributed by atoms with E-state index in [1.165, 1.54) is 23.5 Å². The molecule has 2 rings (SSSR count). The first-order chi connectivity index (χ1) is 9.08. The lowest BCUT2D eigenvalue weighted by Gasteiger charge is -2.04. The van der Waals surface area contributed by atoms with Crippen LogP contribution in [-0.2, 0) is 6.61 Å². The largest absolute Gasteiger partial charge is 0.488 e. The molecular formula is C10H9BrN4O3S. The maximum absolute atomic E-state index is 10.7. The van der Waals surface area contributed by atoms with Gasteiger partial charge in [-0.1, -0.05) is 27.3 Å². The highest BCUT2D eigenvalue weighted by Crippen LogP contribution is 2.27. The quantitative estimate of drug-likeness (QED) is 0.491. The van der Waals surface area contributed by atoms with Crippen molar-refractivity contribution in [3.63, 3.8) is 0 Å². The van der Waals surface area contributed by atoms with Crippen molar-refractivity contribution in [2.24, 2.45) is 5.84 Å². The molecule has 0 aliphatic heterocycles. The molecule has 7 nitrogen and oxygen atoms in total. The van der Waals surface area contributed by atoms with Gasteiger partial charge in [-0.3, -0.25) is 15.5 Å². The van der Waals surface area contributed by atoms with Crippen LogP contribution in [0.2, 0.25) is 0 Å². The number of halogens is 1. The molecule has 0 atom stereocenters. The fourth-order valence-electron chi connectivity index (χ4n) is 1.33. The van der Waals surface area contributed by atoms with Crippen LogP contribution in [-0.4, -0.2) is 9.91 Å². The Morgan fingerprint density at radius 2 is 2.32 bits per heavy atom. The van der Waals surface area contributed by atoms with Gasteiger partial charge in [0.25, 0.3) is 5.69 Å². The van der Waals surface area contributed by atoms with E-state index < -0.39 is 4.92 Å². The molecule has 0 fully saturated rings. The van der Waals surface area contributed by atoms with Crippen LogP contribution < -0.4 is 16.0 Å². The Bertz CT molecular complexity index is 604. The van der Waals surface area contributed by atoms with Crippen molar-refractivity contribution in [3.05, 3.63) is 43.9 Å². The minimum absolute atomic E-state index is 0.0296. The molecule has 0 unspecified atom stereocenters. The van der Waals surface area contributed by atoms with Gasteiger partial charge in [-0.25, -0.2) is 10.8 Å². The highest BCUT2D eigenvalue weighted by molar-refractivity contribution is 9.10. The molecule has 0 saturated heterocycles. The number of nitrogens with zero attached hydrogens (tertiary/aromatic N) is 2. The van der Waals surface area contributed by atoms with Crippen LogP contribution in [0.25, 0.3) is 0 Å². The number of nitrogens with two attached hydrogens (primary N) is 1. The predicted octanol–water partition coefficient (Wildman–Crippen LogP) is 2.68. The van der Waals surface area contributed by atoms with Crippen molar-refractivity contribution in [3.8, 4) is 5.75 Å². The smallest absolute Gasteiger partial charge is 0.274 e. The molecule has 0 aliphatic carbocycles. The first-order valence-corrected chi connectivity index (χ1v) is 6.68. The molecule has 1 aromatic heterocycles. The first-order valence-electron chi connectivity index (χ1n) is 5.07. The summed E-state index contributed by atoms with van der Waals surface area (Å²) in [5.41, 5.74) is 2.40. The molecule has 1 aromatic carbocycles. The summed E-state index contributed by atoms with van der Waals surface area (Å²) < 4.78 is 6.08. The van der Waals surface area contributed by atoms with Crippen LogP contribution in [0.15, 0.2) is 28.9 Å². The van der Waals surface area contributed by atoms with Crippen LogP contribution in [0.1, 0.15) is 4.88 Å². The summed E-state index contributed by atoms with van der Waals surface area (Å²) in [6.07, 6.45) is 1.63. The van der Waals surface area contributed by atoms with Gasteiger partial charge in [0.1, 0.15) is 12.4 Å². The fraction of sp³-hybridized carbons (Fsp3) is 0.100. The molecule has 0 spiro atoms. The van der Waals surface area contributed by atoms with Crippen molar-refractivity contribution >= 4 is 38.1 Å². The molecule has 100 valence electrons. The molecule has 0 saturated carbocycles. The Morgan fingerprint density at radius 1 is 1.53 bits per heavy atom. The number of nitro benzene ring substituents is 1. The molecular weight excluding hydrogens is 336 g/mol. The third-order valence-corrected chi connectivity index (χ3v) is 3.48. The zero-order valence-electron chi connectivity index (χ0n) is 9.50. The topological polar surface area (TPSA) is 103 Å². The number of benzene rings is 1. The number of thiazole rings is 1. The Kier molecular flexibility index (Phi) is 4.30. The van der Waals surface area contributed by atoms with Gasteiger partial charge >= 0.3 is 0 Å². The van der Waals surface area contributed by atoms with Gasteiger partial charge in [0.15, 0.2) is 5.13 Å².